The van der Waals surface area contributed by atoms with Crippen LogP contribution in [0, 0.1) is 17.8 Å². The molecule has 0 aliphatic heterocycles. The van der Waals surface area contributed by atoms with Gasteiger partial charge >= 0.3 is 5.97 Å². The normalized spacial score (nSPS) is 30.4. The van der Waals surface area contributed by atoms with Crippen molar-refractivity contribution in [1.82, 2.24) is 0 Å². The van der Waals surface area contributed by atoms with E-state index < -0.39 is 0 Å². The molecule has 4 atom stereocenters. The van der Waals surface area contributed by atoms with Gasteiger partial charge in [-0.15, -0.1) is 0 Å². The van der Waals surface area contributed by atoms with E-state index in [9.17, 15) is 4.79 Å². The third kappa shape index (κ3) is 2.22. The molecule has 0 spiro atoms. The molecule has 2 aromatic carbocycles. The average Bonchev–Trinajstić information content (AvgIpc) is 2.95. The smallest absolute Gasteiger partial charge is 0.309 e. The van der Waals surface area contributed by atoms with Crippen LogP contribution in [-0.4, -0.2) is 13.1 Å². The van der Waals surface area contributed by atoms with Gasteiger partial charge in [0.2, 0.25) is 0 Å². The van der Waals surface area contributed by atoms with E-state index in [1.54, 1.807) is 0 Å². The van der Waals surface area contributed by atoms with Crippen LogP contribution < -0.4 is 0 Å². The Kier molecular flexibility index (Phi) is 3.40. The number of carbonyl (C=O) groups is 1. The Hall–Kier alpha value is -1.83. The molecule has 2 saturated carbocycles. The third-order valence-corrected chi connectivity index (χ3v) is 5.79. The van der Waals surface area contributed by atoms with Crippen molar-refractivity contribution < 1.29 is 9.53 Å². The van der Waals surface area contributed by atoms with Crippen LogP contribution in [0.15, 0.2) is 42.5 Å². The van der Waals surface area contributed by atoms with E-state index in [0.717, 1.165) is 12.3 Å². The quantitative estimate of drug-likeness (QED) is 0.760. The average molecular weight is 294 g/mol. The fourth-order valence-corrected chi connectivity index (χ4v) is 4.76. The van der Waals surface area contributed by atoms with Crippen LogP contribution in [0.3, 0.4) is 0 Å². The van der Waals surface area contributed by atoms with E-state index in [4.69, 9.17) is 4.74 Å². The predicted octanol–water partition coefficient (Wildman–Crippen LogP) is 4.53. The van der Waals surface area contributed by atoms with Gasteiger partial charge in [-0.1, -0.05) is 48.9 Å². The van der Waals surface area contributed by atoms with Crippen LogP contribution in [0.2, 0.25) is 0 Å². The maximum absolute atomic E-state index is 12.4. The van der Waals surface area contributed by atoms with E-state index in [1.165, 1.54) is 42.7 Å². The minimum Gasteiger partial charge on any atom is -0.469 e. The Morgan fingerprint density at radius 3 is 2.68 bits per heavy atom. The van der Waals surface area contributed by atoms with E-state index >= 15 is 0 Å². The molecule has 2 bridgehead atoms. The Labute approximate surface area is 131 Å². The molecular weight excluding hydrogens is 272 g/mol. The van der Waals surface area contributed by atoms with Crippen molar-refractivity contribution in [2.75, 3.05) is 7.11 Å². The number of esters is 1. The van der Waals surface area contributed by atoms with Gasteiger partial charge in [0.25, 0.3) is 0 Å². The highest BCUT2D eigenvalue weighted by atomic mass is 16.5. The molecule has 0 amide bonds. The minimum atomic E-state index is -0.0106. The van der Waals surface area contributed by atoms with Crippen molar-refractivity contribution in [3.8, 4) is 0 Å². The van der Waals surface area contributed by atoms with Gasteiger partial charge in [0, 0.05) is 0 Å². The molecule has 2 aromatic rings. The number of rotatable bonds is 2. The van der Waals surface area contributed by atoms with Gasteiger partial charge in [-0.25, -0.2) is 0 Å². The molecule has 0 aromatic heterocycles. The van der Waals surface area contributed by atoms with E-state index in [0.29, 0.717) is 11.8 Å². The molecule has 2 aliphatic rings. The van der Waals surface area contributed by atoms with Gasteiger partial charge in [0.05, 0.1) is 13.0 Å². The first-order valence-electron chi connectivity index (χ1n) is 8.33. The standard InChI is InChI=1S/C20H22O2/c1-22-20(21)19-17-7-6-13(10-17)11-18(19)16-9-8-14-4-2-3-5-15(14)12-16/h2-5,8-9,12-13,17-19H,6-7,10-11H2,1H3/t13-,17+,18+,19+/m1/s1. The number of fused-ring (bicyclic) bond motifs is 3. The van der Waals surface area contributed by atoms with Crippen LogP contribution >= 0.6 is 0 Å². The second-order valence-corrected chi connectivity index (χ2v) is 6.94. The highest BCUT2D eigenvalue weighted by molar-refractivity contribution is 5.83. The van der Waals surface area contributed by atoms with Crippen LogP contribution in [-0.2, 0) is 9.53 Å². The fourth-order valence-electron chi connectivity index (χ4n) is 4.76. The van der Waals surface area contributed by atoms with Crippen molar-refractivity contribution in [1.29, 1.82) is 0 Å². The molecule has 114 valence electrons. The molecule has 0 saturated heterocycles. The van der Waals surface area contributed by atoms with Crippen molar-refractivity contribution >= 4 is 16.7 Å². The Balaban J connectivity index is 1.75. The Morgan fingerprint density at radius 2 is 1.86 bits per heavy atom. The molecule has 0 radical (unpaired) electrons. The van der Waals surface area contributed by atoms with Crippen LogP contribution in [0.5, 0.6) is 0 Å². The zero-order valence-electron chi connectivity index (χ0n) is 13.0. The van der Waals surface area contributed by atoms with E-state index in [-0.39, 0.29) is 11.9 Å². The highest BCUT2D eigenvalue weighted by Gasteiger charge is 2.46. The van der Waals surface area contributed by atoms with Gasteiger partial charge in [-0.3, -0.25) is 4.79 Å². The number of carbonyl (C=O) groups excluding carboxylic acids is 1. The predicted molar refractivity (Wildman–Crippen MR) is 87.6 cm³/mol. The first kappa shape index (κ1) is 13.8. The molecule has 0 N–H and O–H groups in total. The lowest BCUT2D eigenvalue weighted by Gasteiger charge is -2.35. The van der Waals surface area contributed by atoms with Crippen molar-refractivity contribution in [2.45, 2.75) is 31.6 Å². The molecule has 4 rings (SSSR count). The molecule has 0 heterocycles. The van der Waals surface area contributed by atoms with Crippen molar-refractivity contribution in [3.63, 3.8) is 0 Å². The third-order valence-electron chi connectivity index (χ3n) is 5.79. The number of hydrogen-bond acceptors (Lipinski definition) is 2. The molecule has 2 aliphatic carbocycles. The van der Waals surface area contributed by atoms with Crippen molar-refractivity contribution in [2.24, 2.45) is 17.8 Å². The number of hydrogen-bond donors (Lipinski definition) is 0. The topological polar surface area (TPSA) is 26.3 Å². The molecule has 0 unspecified atom stereocenters. The van der Waals surface area contributed by atoms with E-state index in [2.05, 4.69) is 42.5 Å². The lowest BCUT2D eigenvalue weighted by molar-refractivity contribution is -0.149. The summed E-state index contributed by atoms with van der Waals surface area (Å²) in [4.78, 5) is 12.4. The minimum absolute atomic E-state index is 0.0106. The van der Waals surface area contributed by atoms with Crippen LogP contribution in [0.4, 0.5) is 0 Å². The van der Waals surface area contributed by atoms with Gasteiger partial charge < -0.3 is 4.74 Å². The summed E-state index contributed by atoms with van der Waals surface area (Å²) in [5.41, 5.74) is 1.31. The highest BCUT2D eigenvalue weighted by Crippen LogP contribution is 2.52. The molecule has 22 heavy (non-hydrogen) atoms. The van der Waals surface area contributed by atoms with Crippen LogP contribution in [0.1, 0.15) is 37.2 Å². The lowest BCUT2D eigenvalue weighted by Crippen LogP contribution is -2.33. The summed E-state index contributed by atoms with van der Waals surface area (Å²) in [6.07, 6.45) is 4.81. The summed E-state index contributed by atoms with van der Waals surface area (Å²) in [7, 11) is 1.53. The summed E-state index contributed by atoms with van der Waals surface area (Å²) >= 11 is 0. The van der Waals surface area contributed by atoms with Crippen molar-refractivity contribution in [3.05, 3.63) is 48.0 Å². The van der Waals surface area contributed by atoms with Gasteiger partial charge in [0.15, 0.2) is 0 Å². The zero-order chi connectivity index (χ0) is 15.1. The summed E-state index contributed by atoms with van der Waals surface area (Å²) in [5.74, 6) is 1.67. The maximum atomic E-state index is 12.4. The van der Waals surface area contributed by atoms with Gasteiger partial charge in [0.1, 0.15) is 0 Å². The summed E-state index contributed by atoms with van der Waals surface area (Å²) in [6, 6.07) is 15.1. The maximum Gasteiger partial charge on any atom is 0.309 e. The number of benzene rings is 2. The van der Waals surface area contributed by atoms with E-state index in [1.807, 2.05) is 0 Å². The first-order chi connectivity index (χ1) is 10.8. The first-order valence-corrected chi connectivity index (χ1v) is 8.33. The number of methoxy groups -OCH3 is 1. The summed E-state index contributed by atoms with van der Waals surface area (Å²) in [6.45, 7) is 0. The van der Waals surface area contributed by atoms with Gasteiger partial charge in [-0.05, 0) is 53.4 Å². The lowest BCUT2D eigenvalue weighted by atomic mass is 9.69. The molecule has 2 heteroatoms. The monoisotopic (exact) mass is 294 g/mol. The molecule has 2 nitrogen and oxygen atoms in total. The van der Waals surface area contributed by atoms with Crippen LogP contribution in [0.25, 0.3) is 10.8 Å². The van der Waals surface area contributed by atoms with Gasteiger partial charge in [-0.2, -0.15) is 0 Å². The second-order valence-electron chi connectivity index (χ2n) is 6.94. The fraction of sp³-hybridized carbons (Fsp3) is 0.450. The molecule has 2 fully saturated rings. The Morgan fingerprint density at radius 1 is 1.05 bits per heavy atom. The Bertz CT molecular complexity index is 706. The number of ether oxygens (including phenoxy) is 1. The second kappa shape index (κ2) is 5.42. The molecular formula is C20H22O2. The zero-order valence-corrected chi connectivity index (χ0v) is 13.0. The summed E-state index contributed by atoms with van der Waals surface area (Å²) in [5, 5.41) is 2.53. The summed E-state index contributed by atoms with van der Waals surface area (Å²) < 4.78 is 5.14. The SMILES string of the molecule is COC(=O)[C@H]1[C@H]2CC[C@H](C2)C[C@H]1c1ccc2ccccc2c1. The largest absolute Gasteiger partial charge is 0.469 e.